The van der Waals surface area contributed by atoms with Gasteiger partial charge in [-0.3, -0.25) is 0 Å². The van der Waals surface area contributed by atoms with Gasteiger partial charge in [0.2, 0.25) is 0 Å². The van der Waals surface area contributed by atoms with E-state index in [4.69, 9.17) is 15.7 Å². The highest BCUT2D eigenvalue weighted by molar-refractivity contribution is 9.10. The van der Waals surface area contributed by atoms with Crippen LogP contribution in [-0.4, -0.2) is 6.04 Å². The van der Waals surface area contributed by atoms with Gasteiger partial charge in [-0.25, -0.2) is 0 Å². The van der Waals surface area contributed by atoms with Gasteiger partial charge in [0.15, 0.2) is 0 Å². The molecule has 2 aromatic rings. The first-order valence-corrected chi connectivity index (χ1v) is 7.08. The third-order valence-corrected chi connectivity index (χ3v) is 3.37. The monoisotopic (exact) mass is 330 g/mol. The Morgan fingerprint density at radius 1 is 1.20 bits per heavy atom. The Morgan fingerprint density at radius 2 is 1.95 bits per heavy atom. The van der Waals surface area contributed by atoms with E-state index in [1.54, 1.807) is 0 Å². The highest BCUT2D eigenvalue weighted by atomic mass is 79.9. The molecular weight excluding hydrogens is 316 g/mol. The lowest BCUT2D eigenvalue weighted by Gasteiger charge is -2.13. The lowest BCUT2D eigenvalue weighted by Crippen LogP contribution is -2.20. The van der Waals surface area contributed by atoms with Crippen molar-refractivity contribution < 1.29 is 4.74 Å². The van der Waals surface area contributed by atoms with Crippen LogP contribution in [0.1, 0.15) is 11.1 Å². The zero-order valence-electron chi connectivity index (χ0n) is 10.9. The quantitative estimate of drug-likeness (QED) is 0.913. The molecular formula is C16H15BrN2O. The maximum atomic E-state index is 8.82. The fourth-order valence-corrected chi connectivity index (χ4v) is 2.19. The predicted octanol–water partition coefficient (Wildman–Crippen LogP) is 3.42. The highest BCUT2D eigenvalue weighted by Crippen LogP contribution is 2.25. The molecule has 0 aliphatic heterocycles. The van der Waals surface area contributed by atoms with Crippen molar-refractivity contribution in [2.24, 2.45) is 5.73 Å². The maximum Gasteiger partial charge on any atom is 0.124 e. The van der Waals surface area contributed by atoms with E-state index in [9.17, 15) is 0 Å². The van der Waals surface area contributed by atoms with E-state index >= 15 is 0 Å². The van der Waals surface area contributed by atoms with Gasteiger partial charge < -0.3 is 10.5 Å². The van der Waals surface area contributed by atoms with Crippen molar-refractivity contribution >= 4 is 15.9 Å². The SMILES string of the molecule is N#CC(N)Cc1ccc(Br)cc1OCc1ccccc1. The minimum atomic E-state index is -0.518. The molecule has 0 aromatic heterocycles. The first-order valence-electron chi connectivity index (χ1n) is 6.29. The van der Waals surface area contributed by atoms with Crippen molar-refractivity contribution in [2.45, 2.75) is 19.1 Å². The molecule has 4 heteroatoms. The minimum Gasteiger partial charge on any atom is -0.489 e. The average molecular weight is 331 g/mol. The molecule has 1 unspecified atom stereocenters. The van der Waals surface area contributed by atoms with Crippen LogP contribution < -0.4 is 10.5 Å². The second-order valence-corrected chi connectivity index (χ2v) is 5.38. The predicted molar refractivity (Wildman–Crippen MR) is 82.2 cm³/mol. The smallest absolute Gasteiger partial charge is 0.124 e. The summed E-state index contributed by atoms with van der Waals surface area (Å²) in [5.41, 5.74) is 7.73. The number of benzene rings is 2. The number of rotatable bonds is 5. The zero-order valence-corrected chi connectivity index (χ0v) is 12.5. The van der Waals surface area contributed by atoms with Gasteiger partial charge in [-0.1, -0.05) is 52.3 Å². The first-order chi connectivity index (χ1) is 9.69. The van der Waals surface area contributed by atoms with Crippen molar-refractivity contribution in [1.29, 1.82) is 5.26 Å². The van der Waals surface area contributed by atoms with Crippen molar-refractivity contribution in [3.05, 3.63) is 64.1 Å². The van der Waals surface area contributed by atoms with Crippen LogP contribution in [0.25, 0.3) is 0 Å². The molecule has 0 aliphatic carbocycles. The fourth-order valence-electron chi connectivity index (χ4n) is 1.85. The van der Waals surface area contributed by atoms with Gasteiger partial charge in [0.1, 0.15) is 12.4 Å². The molecule has 3 nitrogen and oxygen atoms in total. The normalized spacial score (nSPS) is 11.7. The van der Waals surface area contributed by atoms with Gasteiger partial charge in [0.25, 0.3) is 0 Å². The molecule has 0 bridgehead atoms. The van der Waals surface area contributed by atoms with Crippen LogP contribution in [-0.2, 0) is 13.0 Å². The molecule has 0 heterocycles. The lowest BCUT2D eigenvalue weighted by molar-refractivity contribution is 0.302. The second kappa shape index (κ2) is 7.09. The maximum absolute atomic E-state index is 8.82. The number of hydrogen-bond donors (Lipinski definition) is 1. The summed E-state index contributed by atoms with van der Waals surface area (Å²) in [5, 5.41) is 8.82. The molecule has 20 heavy (non-hydrogen) atoms. The number of nitrogens with two attached hydrogens (primary N) is 1. The van der Waals surface area contributed by atoms with Crippen LogP contribution in [0.2, 0.25) is 0 Å². The summed E-state index contributed by atoms with van der Waals surface area (Å²) < 4.78 is 6.79. The standard InChI is InChI=1S/C16H15BrN2O/c17-14-7-6-13(8-15(19)10-18)16(9-14)20-11-12-4-2-1-3-5-12/h1-7,9,15H,8,11,19H2. The van der Waals surface area contributed by atoms with Gasteiger partial charge in [-0.2, -0.15) is 5.26 Å². The summed E-state index contributed by atoms with van der Waals surface area (Å²) in [5.74, 6) is 0.758. The van der Waals surface area contributed by atoms with Crippen LogP contribution in [0.5, 0.6) is 5.75 Å². The summed E-state index contributed by atoms with van der Waals surface area (Å²) in [6.45, 7) is 0.492. The molecule has 0 saturated heterocycles. The van der Waals surface area contributed by atoms with E-state index in [0.29, 0.717) is 13.0 Å². The van der Waals surface area contributed by atoms with Crippen LogP contribution in [0.3, 0.4) is 0 Å². The van der Waals surface area contributed by atoms with Crippen LogP contribution in [0, 0.1) is 11.3 Å². The molecule has 1 atom stereocenters. The summed E-state index contributed by atoms with van der Waals surface area (Å²) in [6, 6.07) is 17.2. The second-order valence-electron chi connectivity index (χ2n) is 4.47. The summed E-state index contributed by atoms with van der Waals surface area (Å²) in [4.78, 5) is 0. The Morgan fingerprint density at radius 3 is 2.65 bits per heavy atom. The lowest BCUT2D eigenvalue weighted by atomic mass is 10.1. The number of ether oxygens (including phenoxy) is 1. The van der Waals surface area contributed by atoms with E-state index in [1.807, 2.05) is 54.6 Å². The molecule has 0 amide bonds. The minimum absolute atomic E-state index is 0.480. The first kappa shape index (κ1) is 14.6. The Kier molecular flexibility index (Phi) is 5.16. The molecule has 2 aromatic carbocycles. The Hall–Kier alpha value is -1.83. The van der Waals surface area contributed by atoms with Gasteiger partial charge in [-0.05, 0) is 23.3 Å². The Labute approximate surface area is 127 Å². The topological polar surface area (TPSA) is 59.0 Å². The summed E-state index contributed by atoms with van der Waals surface area (Å²) in [6.07, 6.45) is 0.480. The van der Waals surface area contributed by atoms with Crippen LogP contribution in [0.15, 0.2) is 53.0 Å². The molecule has 0 fully saturated rings. The fraction of sp³-hybridized carbons (Fsp3) is 0.188. The van der Waals surface area contributed by atoms with Crippen molar-refractivity contribution in [1.82, 2.24) is 0 Å². The van der Waals surface area contributed by atoms with Gasteiger partial charge in [0, 0.05) is 10.9 Å². The Balaban J connectivity index is 2.13. The number of nitrogens with zero attached hydrogens (tertiary/aromatic N) is 1. The molecule has 0 aliphatic rings. The van der Waals surface area contributed by atoms with Gasteiger partial charge in [0.05, 0.1) is 12.1 Å². The summed E-state index contributed by atoms with van der Waals surface area (Å²) in [7, 11) is 0. The molecule has 0 radical (unpaired) electrons. The molecule has 0 saturated carbocycles. The van der Waals surface area contributed by atoms with Crippen LogP contribution in [0.4, 0.5) is 0 Å². The van der Waals surface area contributed by atoms with Crippen molar-refractivity contribution in [3.8, 4) is 11.8 Å². The molecule has 0 spiro atoms. The van der Waals surface area contributed by atoms with E-state index < -0.39 is 6.04 Å². The molecule has 2 rings (SSSR count). The third-order valence-electron chi connectivity index (χ3n) is 2.87. The van der Waals surface area contributed by atoms with Crippen LogP contribution >= 0.6 is 15.9 Å². The number of nitriles is 1. The third kappa shape index (κ3) is 4.09. The van der Waals surface area contributed by atoms with Crippen molar-refractivity contribution in [3.63, 3.8) is 0 Å². The van der Waals surface area contributed by atoms with Crippen molar-refractivity contribution in [2.75, 3.05) is 0 Å². The van der Waals surface area contributed by atoms with E-state index in [1.165, 1.54) is 0 Å². The Bertz CT molecular complexity index is 608. The average Bonchev–Trinajstić information content (AvgIpc) is 2.48. The molecule has 2 N–H and O–H groups in total. The number of hydrogen-bond acceptors (Lipinski definition) is 3. The summed E-state index contributed by atoms with van der Waals surface area (Å²) >= 11 is 3.43. The van der Waals surface area contributed by atoms with Gasteiger partial charge >= 0.3 is 0 Å². The van der Waals surface area contributed by atoms with Gasteiger partial charge in [-0.15, -0.1) is 0 Å². The van der Waals surface area contributed by atoms with E-state index in [2.05, 4.69) is 15.9 Å². The van der Waals surface area contributed by atoms with E-state index in [0.717, 1.165) is 21.3 Å². The largest absolute Gasteiger partial charge is 0.489 e. The number of halogens is 1. The molecule has 102 valence electrons. The van der Waals surface area contributed by atoms with E-state index in [-0.39, 0.29) is 0 Å². The highest BCUT2D eigenvalue weighted by Gasteiger charge is 2.09. The zero-order chi connectivity index (χ0) is 14.4.